The first kappa shape index (κ1) is 13.9. The molecule has 0 saturated heterocycles. The Morgan fingerprint density at radius 1 is 1.47 bits per heavy atom. The van der Waals surface area contributed by atoms with Crippen LogP contribution in [0, 0.1) is 0 Å². The van der Waals surface area contributed by atoms with E-state index >= 15 is 0 Å². The van der Waals surface area contributed by atoms with Crippen LogP contribution in [0.15, 0.2) is 18.3 Å². The molecule has 0 spiro atoms. The molecule has 2 unspecified atom stereocenters. The number of rotatable bonds is 6. The fraction of sp³-hybridized carbons (Fsp3) is 0.615. The van der Waals surface area contributed by atoms with Crippen LogP contribution in [0.4, 0.5) is 0 Å². The van der Waals surface area contributed by atoms with Crippen LogP contribution < -0.4 is 10.1 Å². The van der Waals surface area contributed by atoms with Crippen molar-refractivity contribution in [1.29, 1.82) is 0 Å². The number of nitrogens with zero attached hydrogens (tertiary/aromatic N) is 1. The van der Waals surface area contributed by atoms with Crippen molar-refractivity contribution in [3.8, 4) is 5.75 Å². The van der Waals surface area contributed by atoms with Gasteiger partial charge in [0, 0.05) is 13.3 Å². The number of pyridine rings is 1. The average Bonchev–Trinajstić information content (AvgIpc) is 2.39. The van der Waals surface area contributed by atoms with Crippen molar-refractivity contribution in [2.24, 2.45) is 0 Å². The van der Waals surface area contributed by atoms with E-state index < -0.39 is 0 Å². The predicted molar refractivity (Wildman–Crippen MR) is 68.3 cm³/mol. The third-order valence-corrected chi connectivity index (χ3v) is 3.36. The Labute approximate surface area is 103 Å². The van der Waals surface area contributed by atoms with Crippen molar-refractivity contribution in [1.82, 2.24) is 10.3 Å². The van der Waals surface area contributed by atoms with Gasteiger partial charge in [0.25, 0.3) is 0 Å². The van der Waals surface area contributed by atoms with Crippen LogP contribution in [0.25, 0.3) is 0 Å². The first-order chi connectivity index (χ1) is 8.12. The van der Waals surface area contributed by atoms with Gasteiger partial charge in [0.05, 0.1) is 18.8 Å². The van der Waals surface area contributed by atoms with Gasteiger partial charge in [0.15, 0.2) is 0 Å². The molecule has 1 aromatic rings. The molecule has 0 radical (unpaired) electrons. The van der Waals surface area contributed by atoms with E-state index in [1.807, 2.05) is 19.2 Å². The highest BCUT2D eigenvalue weighted by Gasteiger charge is 2.35. The summed E-state index contributed by atoms with van der Waals surface area (Å²) < 4.78 is 11.0. The Balaban J connectivity index is 3.17. The Kier molecular flexibility index (Phi) is 4.90. The number of likely N-dealkylation sites (N-methyl/N-ethyl adjacent to an activating group) is 1. The van der Waals surface area contributed by atoms with E-state index in [1.165, 1.54) is 0 Å². The molecule has 17 heavy (non-hydrogen) atoms. The number of hydrogen-bond acceptors (Lipinski definition) is 4. The quantitative estimate of drug-likeness (QED) is 0.825. The highest BCUT2D eigenvalue weighted by Crippen LogP contribution is 2.34. The Hall–Kier alpha value is -1.13. The van der Waals surface area contributed by atoms with E-state index in [0.717, 1.165) is 17.9 Å². The Morgan fingerprint density at radius 3 is 2.65 bits per heavy atom. The predicted octanol–water partition coefficient (Wildman–Crippen LogP) is 2.17. The van der Waals surface area contributed by atoms with Gasteiger partial charge in [-0.2, -0.15) is 0 Å². The lowest BCUT2D eigenvalue weighted by atomic mass is 9.90. The standard InChI is InChI=1S/C13H22N2O2/c1-6-13(2,17-5)12(14-3)11-10(16-4)8-7-9-15-11/h7-9,12,14H,6H2,1-5H3. The highest BCUT2D eigenvalue weighted by molar-refractivity contribution is 5.31. The summed E-state index contributed by atoms with van der Waals surface area (Å²) in [6, 6.07) is 3.78. The normalized spacial score (nSPS) is 16.3. The molecule has 1 heterocycles. The fourth-order valence-electron chi connectivity index (χ4n) is 1.99. The lowest BCUT2D eigenvalue weighted by molar-refractivity contribution is -0.0296. The second-order valence-electron chi connectivity index (χ2n) is 4.18. The number of nitrogens with one attached hydrogen (secondary N) is 1. The number of methoxy groups -OCH3 is 2. The van der Waals surface area contributed by atoms with E-state index in [4.69, 9.17) is 9.47 Å². The van der Waals surface area contributed by atoms with Crippen LogP contribution in [-0.4, -0.2) is 31.9 Å². The molecule has 1 N–H and O–H groups in total. The summed E-state index contributed by atoms with van der Waals surface area (Å²) in [5.41, 5.74) is 0.569. The molecular weight excluding hydrogens is 216 g/mol. The van der Waals surface area contributed by atoms with Crippen LogP contribution in [0.1, 0.15) is 32.0 Å². The van der Waals surface area contributed by atoms with Gasteiger partial charge >= 0.3 is 0 Å². The van der Waals surface area contributed by atoms with E-state index in [9.17, 15) is 0 Å². The number of hydrogen-bond donors (Lipinski definition) is 1. The molecule has 2 atom stereocenters. The van der Waals surface area contributed by atoms with Gasteiger partial charge in [0.2, 0.25) is 0 Å². The number of ether oxygens (including phenoxy) is 2. The van der Waals surface area contributed by atoms with Crippen molar-refractivity contribution in [3.05, 3.63) is 24.0 Å². The van der Waals surface area contributed by atoms with Crippen molar-refractivity contribution in [3.63, 3.8) is 0 Å². The molecule has 0 saturated carbocycles. The van der Waals surface area contributed by atoms with Gasteiger partial charge in [-0.25, -0.2) is 0 Å². The molecule has 1 aromatic heterocycles. The Bertz CT molecular complexity index is 351. The van der Waals surface area contributed by atoms with Gasteiger partial charge in [-0.1, -0.05) is 6.92 Å². The maximum absolute atomic E-state index is 5.64. The third kappa shape index (κ3) is 2.76. The maximum atomic E-state index is 5.64. The molecule has 0 fully saturated rings. The highest BCUT2D eigenvalue weighted by atomic mass is 16.5. The van der Waals surface area contributed by atoms with Crippen molar-refractivity contribution in [2.45, 2.75) is 31.9 Å². The first-order valence-electron chi connectivity index (χ1n) is 5.84. The van der Waals surface area contributed by atoms with E-state index in [0.29, 0.717) is 0 Å². The van der Waals surface area contributed by atoms with E-state index in [1.54, 1.807) is 20.4 Å². The van der Waals surface area contributed by atoms with E-state index in [-0.39, 0.29) is 11.6 Å². The smallest absolute Gasteiger partial charge is 0.142 e. The summed E-state index contributed by atoms with van der Waals surface area (Å²) in [6.07, 6.45) is 2.66. The lowest BCUT2D eigenvalue weighted by Crippen LogP contribution is -2.42. The first-order valence-corrected chi connectivity index (χ1v) is 5.84. The maximum Gasteiger partial charge on any atom is 0.142 e. The summed E-state index contributed by atoms with van der Waals surface area (Å²) in [7, 11) is 5.29. The van der Waals surface area contributed by atoms with Crippen LogP contribution >= 0.6 is 0 Å². The number of aromatic nitrogens is 1. The van der Waals surface area contributed by atoms with Gasteiger partial charge in [-0.05, 0) is 32.5 Å². The average molecular weight is 238 g/mol. The summed E-state index contributed by atoms with van der Waals surface area (Å²) in [5.74, 6) is 0.781. The molecule has 0 aromatic carbocycles. The SMILES string of the molecule is CCC(C)(OC)C(NC)c1ncccc1OC. The minimum atomic E-state index is -0.309. The van der Waals surface area contributed by atoms with Crippen LogP contribution in [-0.2, 0) is 4.74 Å². The molecule has 0 aliphatic heterocycles. The molecule has 4 heteroatoms. The molecular formula is C13H22N2O2. The molecule has 0 amide bonds. The van der Waals surface area contributed by atoms with Gasteiger partial charge in [-0.3, -0.25) is 4.98 Å². The zero-order chi connectivity index (χ0) is 12.9. The molecule has 0 bridgehead atoms. The molecule has 4 nitrogen and oxygen atoms in total. The van der Waals surface area contributed by atoms with Crippen molar-refractivity contribution < 1.29 is 9.47 Å². The minimum absolute atomic E-state index is 0.00588. The van der Waals surface area contributed by atoms with Crippen LogP contribution in [0.5, 0.6) is 5.75 Å². The summed E-state index contributed by atoms with van der Waals surface area (Å²) in [4.78, 5) is 4.42. The van der Waals surface area contributed by atoms with Crippen molar-refractivity contribution in [2.75, 3.05) is 21.3 Å². The van der Waals surface area contributed by atoms with Crippen LogP contribution in [0.2, 0.25) is 0 Å². The third-order valence-electron chi connectivity index (χ3n) is 3.36. The minimum Gasteiger partial charge on any atom is -0.495 e. The summed E-state index contributed by atoms with van der Waals surface area (Å²) in [6.45, 7) is 4.17. The fourth-order valence-corrected chi connectivity index (χ4v) is 1.99. The lowest BCUT2D eigenvalue weighted by Gasteiger charge is -2.35. The zero-order valence-corrected chi connectivity index (χ0v) is 11.3. The van der Waals surface area contributed by atoms with E-state index in [2.05, 4.69) is 24.1 Å². The molecule has 0 aliphatic rings. The molecule has 96 valence electrons. The van der Waals surface area contributed by atoms with Crippen LogP contribution in [0.3, 0.4) is 0 Å². The topological polar surface area (TPSA) is 43.4 Å². The van der Waals surface area contributed by atoms with Gasteiger partial charge in [-0.15, -0.1) is 0 Å². The summed E-state index contributed by atoms with van der Waals surface area (Å²) in [5, 5.41) is 3.27. The van der Waals surface area contributed by atoms with Gasteiger partial charge < -0.3 is 14.8 Å². The second-order valence-corrected chi connectivity index (χ2v) is 4.18. The zero-order valence-electron chi connectivity index (χ0n) is 11.3. The van der Waals surface area contributed by atoms with Gasteiger partial charge in [0.1, 0.15) is 11.4 Å². The molecule has 1 rings (SSSR count). The Morgan fingerprint density at radius 2 is 2.18 bits per heavy atom. The monoisotopic (exact) mass is 238 g/mol. The summed E-state index contributed by atoms with van der Waals surface area (Å²) >= 11 is 0. The van der Waals surface area contributed by atoms with Crippen molar-refractivity contribution >= 4 is 0 Å². The largest absolute Gasteiger partial charge is 0.495 e. The molecule has 0 aliphatic carbocycles. The second kappa shape index (κ2) is 5.98.